The van der Waals surface area contributed by atoms with Crippen LogP contribution in [-0.4, -0.2) is 17.7 Å². The molecule has 0 fully saturated rings. The molecular formula is C11H9BrO3. The lowest BCUT2D eigenvalue weighted by molar-refractivity contribution is -0.136. The molecule has 0 spiro atoms. The quantitative estimate of drug-likeness (QED) is 0.627. The number of rotatable bonds is 1. The topological polar surface area (TPSA) is 46.5 Å². The predicted octanol–water partition coefficient (Wildman–Crippen LogP) is 2.07. The fourth-order valence-electron chi connectivity index (χ4n) is 0.896. The van der Waals surface area contributed by atoms with Crippen molar-refractivity contribution in [3.05, 3.63) is 28.2 Å². The second-order valence-electron chi connectivity index (χ2n) is 2.63. The van der Waals surface area contributed by atoms with Crippen LogP contribution < -0.4 is 0 Å². The molecule has 4 heteroatoms. The largest absolute Gasteiger partial charge is 0.507 e. The first-order valence-corrected chi connectivity index (χ1v) is 5.10. The Morgan fingerprint density at radius 1 is 1.60 bits per heavy atom. The highest BCUT2D eigenvalue weighted by Crippen LogP contribution is 2.21. The molecule has 0 radical (unpaired) electrons. The third kappa shape index (κ3) is 3.64. The van der Waals surface area contributed by atoms with Gasteiger partial charge in [-0.1, -0.05) is 21.9 Å². The van der Waals surface area contributed by atoms with Gasteiger partial charge in [0.1, 0.15) is 5.75 Å². The molecular weight excluding hydrogens is 260 g/mol. The second-order valence-corrected chi connectivity index (χ2v) is 3.55. The third-order valence-electron chi connectivity index (χ3n) is 1.53. The van der Waals surface area contributed by atoms with Crippen LogP contribution in [0.3, 0.4) is 0 Å². The number of phenolic OH excluding ortho intramolecular Hbond substituents is 1. The fraction of sp³-hybridized carbons (Fsp3) is 0.182. The van der Waals surface area contributed by atoms with Crippen molar-refractivity contribution in [2.75, 3.05) is 6.61 Å². The van der Waals surface area contributed by atoms with Crippen LogP contribution in [-0.2, 0) is 9.53 Å². The molecule has 0 aliphatic carbocycles. The molecule has 0 aliphatic heterocycles. The zero-order valence-corrected chi connectivity index (χ0v) is 9.67. The summed E-state index contributed by atoms with van der Waals surface area (Å²) in [6.07, 6.45) is 0. The van der Waals surface area contributed by atoms with Crippen LogP contribution in [0.25, 0.3) is 0 Å². The Labute approximate surface area is 96.2 Å². The number of ether oxygens (including phenoxy) is 1. The van der Waals surface area contributed by atoms with Crippen molar-refractivity contribution in [1.82, 2.24) is 0 Å². The standard InChI is InChI=1S/C11H9BrO3/c1-2-15-11(14)6-4-8-3-5-9(12)7-10(8)13/h3,5,7,13H,2H2,1H3. The molecule has 1 rings (SSSR count). The number of hydrogen-bond donors (Lipinski definition) is 1. The fourth-order valence-corrected chi connectivity index (χ4v) is 1.25. The van der Waals surface area contributed by atoms with Gasteiger partial charge in [-0.2, -0.15) is 0 Å². The lowest BCUT2D eigenvalue weighted by Gasteiger charge is -1.96. The van der Waals surface area contributed by atoms with Gasteiger partial charge >= 0.3 is 5.97 Å². The summed E-state index contributed by atoms with van der Waals surface area (Å²) in [6.45, 7) is 2.00. The molecule has 1 aromatic carbocycles. The molecule has 0 bridgehead atoms. The van der Waals surface area contributed by atoms with Gasteiger partial charge in [0, 0.05) is 10.4 Å². The highest BCUT2D eigenvalue weighted by atomic mass is 79.9. The van der Waals surface area contributed by atoms with E-state index in [1.807, 2.05) is 0 Å². The highest BCUT2D eigenvalue weighted by Gasteiger charge is 1.99. The van der Waals surface area contributed by atoms with E-state index < -0.39 is 5.97 Å². The molecule has 0 atom stereocenters. The first kappa shape index (κ1) is 11.6. The average molecular weight is 269 g/mol. The molecule has 1 aromatic rings. The molecule has 0 aliphatic rings. The Morgan fingerprint density at radius 2 is 2.33 bits per heavy atom. The molecule has 0 amide bonds. The molecule has 1 N–H and O–H groups in total. The highest BCUT2D eigenvalue weighted by molar-refractivity contribution is 9.10. The summed E-state index contributed by atoms with van der Waals surface area (Å²) in [7, 11) is 0. The van der Waals surface area contributed by atoms with Gasteiger partial charge in [-0.05, 0) is 25.1 Å². The van der Waals surface area contributed by atoms with Crippen molar-refractivity contribution < 1.29 is 14.6 Å². The number of carbonyl (C=O) groups is 1. The van der Waals surface area contributed by atoms with Gasteiger partial charge in [-0.25, -0.2) is 4.79 Å². The lowest BCUT2D eigenvalue weighted by Crippen LogP contribution is -1.99. The van der Waals surface area contributed by atoms with Gasteiger partial charge < -0.3 is 9.84 Å². The molecule has 78 valence electrons. The summed E-state index contributed by atoms with van der Waals surface area (Å²) in [4.78, 5) is 10.9. The number of phenols is 1. The SMILES string of the molecule is CCOC(=O)C#Cc1ccc(Br)cc1O. The van der Waals surface area contributed by atoms with E-state index in [1.54, 1.807) is 19.1 Å². The zero-order chi connectivity index (χ0) is 11.3. The predicted molar refractivity (Wildman–Crippen MR) is 59.3 cm³/mol. The van der Waals surface area contributed by atoms with E-state index in [0.717, 1.165) is 4.47 Å². The van der Waals surface area contributed by atoms with E-state index in [4.69, 9.17) is 0 Å². The van der Waals surface area contributed by atoms with E-state index in [2.05, 4.69) is 32.5 Å². The van der Waals surface area contributed by atoms with E-state index in [9.17, 15) is 9.90 Å². The number of carbonyl (C=O) groups excluding carboxylic acids is 1. The summed E-state index contributed by atoms with van der Waals surface area (Å²) in [6, 6.07) is 4.86. The summed E-state index contributed by atoms with van der Waals surface area (Å²) >= 11 is 3.20. The summed E-state index contributed by atoms with van der Waals surface area (Å²) in [5, 5.41) is 9.45. The van der Waals surface area contributed by atoms with E-state index >= 15 is 0 Å². The van der Waals surface area contributed by atoms with E-state index in [0.29, 0.717) is 12.2 Å². The van der Waals surface area contributed by atoms with Gasteiger partial charge in [0.05, 0.1) is 12.2 Å². The molecule has 3 nitrogen and oxygen atoms in total. The molecule has 0 heterocycles. The zero-order valence-electron chi connectivity index (χ0n) is 8.08. The molecule has 0 saturated heterocycles. The Kier molecular flexibility index (Phi) is 4.19. The van der Waals surface area contributed by atoms with Crippen molar-refractivity contribution in [2.45, 2.75) is 6.92 Å². The summed E-state index contributed by atoms with van der Waals surface area (Å²) in [5.41, 5.74) is 0.395. The number of benzene rings is 1. The van der Waals surface area contributed by atoms with Crippen LogP contribution in [0.2, 0.25) is 0 Å². The van der Waals surface area contributed by atoms with Crippen molar-refractivity contribution >= 4 is 21.9 Å². The Hall–Kier alpha value is -1.47. The molecule has 0 aromatic heterocycles. The summed E-state index contributed by atoms with van der Waals surface area (Å²) < 4.78 is 5.38. The van der Waals surface area contributed by atoms with Crippen LogP contribution >= 0.6 is 15.9 Å². The van der Waals surface area contributed by atoms with Gasteiger partial charge in [0.15, 0.2) is 0 Å². The van der Waals surface area contributed by atoms with Crippen molar-refractivity contribution in [2.24, 2.45) is 0 Å². The van der Waals surface area contributed by atoms with Gasteiger partial charge in [0.2, 0.25) is 0 Å². The first-order chi connectivity index (χ1) is 7.13. The number of halogens is 1. The molecule has 0 saturated carbocycles. The van der Waals surface area contributed by atoms with Crippen molar-refractivity contribution in [1.29, 1.82) is 0 Å². The average Bonchev–Trinajstić information content (AvgIpc) is 2.17. The molecule has 0 unspecified atom stereocenters. The normalized spacial score (nSPS) is 8.93. The minimum absolute atomic E-state index is 0.0289. The minimum atomic E-state index is -0.597. The second kappa shape index (κ2) is 5.42. The summed E-state index contributed by atoms with van der Waals surface area (Å²) in [5.74, 6) is 4.23. The lowest BCUT2D eigenvalue weighted by atomic mass is 10.2. The maximum atomic E-state index is 10.9. The van der Waals surface area contributed by atoms with Crippen molar-refractivity contribution in [3.63, 3.8) is 0 Å². The van der Waals surface area contributed by atoms with Gasteiger partial charge in [0.25, 0.3) is 0 Å². The van der Waals surface area contributed by atoms with E-state index in [1.165, 1.54) is 6.07 Å². The van der Waals surface area contributed by atoms with Crippen LogP contribution in [0.5, 0.6) is 5.75 Å². The Balaban J connectivity index is 2.84. The van der Waals surface area contributed by atoms with Crippen molar-refractivity contribution in [3.8, 4) is 17.6 Å². The number of hydrogen-bond acceptors (Lipinski definition) is 3. The number of esters is 1. The van der Waals surface area contributed by atoms with Gasteiger partial charge in [-0.3, -0.25) is 0 Å². The van der Waals surface area contributed by atoms with Crippen LogP contribution in [0.15, 0.2) is 22.7 Å². The Morgan fingerprint density at radius 3 is 2.93 bits per heavy atom. The third-order valence-corrected chi connectivity index (χ3v) is 2.03. The smallest absolute Gasteiger partial charge is 0.384 e. The maximum Gasteiger partial charge on any atom is 0.384 e. The van der Waals surface area contributed by atoms with Gasteiger partial charge in [-0.15, -0.1) is 0 Å². The maximum absolute atomic E-state index is 10.9. The van der Waals surface area contributed by atoms with Crippen LogP contribution in [0.1, 0.15) is 12.5 Å². The monoisotopic (exact) mass is 268 g/mol. The van der Waals surface area contributed by atoms with Crippen LogP contribution in [0, 0.1) is 11.8 Å². The Bertz CT molecular complexity index is 429. The van der Waals surface area contributed by atoms with E-state index in [-0.39, 0.29) is 5.75 Å². The minimum Gasteiger partial charge on any atom is -0.507 e. The first-order valence-electron chi connectivity index (χ1n) is 4.30. The molecule has 15 heavy (non-hydrogen) atoms. The number of aromatic hydroxyl groups is 1. The van der Waals surface area contributed by atoms with Crippen LogP contribution in [0.4, 0.5) is 0 Å².